The Balaban J connectivity index is 1.67. The first-order valence-corrected chi connectivity index (χ1v) is 6.85. The molecule has 2 rings (SSSR count). The van der Waals surface area contributed by atoms with E-state index in [-0.39, 0.29) is 11.8 Å². The third-order valence-electron chi connectivity index (χ3n) is 3.54. The lowest BCUT2D eigenvalue weighted by Crippen LogP contribution is -2.26. The van der Waals surface area contributed by atoms with Crippen molar-refractivity contribution in [2.75, 3.05) is 13.1 Å². The molecule has 1 saturated carbocycles. The number of carbonyl (C=O) groups excluding carboxylic acids is 1. The molecule has 3 N–H and O–H groups in total. The highest BCUT2D eigenvalue weighted by Gasteiger charge is 2.43. The molecule has 0 bridgehead atoms. The number of nitrogens with one attached hydrogen (secondary N) is 1. The largest absolute Gasteiger partial charge is 0.356 e. The van der Waals surface area contributed by atoms with Gasteiger partial charge in [0.25, 0.3) is 0 Å². The third-order valence-corrected chi connectivity index (χ3v) is 3.54. The maximum atomic E-state index is 11.9. The number of benzene rings is 1. The smallest absolute Gasteiger partial charge is 0.223 e. The fourth-order valence-electron chi connectivity index (χ4n) is 2.34. The van der Waals surface area contributed by atoms with Crippen molar-refractivity contribution in [3.05, 3.63) is 35.9 Å². The Morgan fingerprint density at radius 3 is 2.72 bits per heavy atom. The monoisotopic (exact) mass is 246 g/mol. The van der Waals surface area contributed by atoms with Gasteiger partial charge in [0.1, 0.15) is 0 Å². The van der Waals surface area contributed by atoms with Crippen molar-refractivity contribution < 1.29 is 4.79 Å². The van der Waals surface area contributed by atoms with Gasteiger partial charge in [0.05, 0.1) is 0 Å². The second-order valence-electron chi connectivity index (χ2n) is 5.00. The number of hydrogen-bond donors (Lipinski definition) is 2. The zero-order chi connectivity index (χ0) is 12.8. The van der Waals surface area contributed by atoms with Crippen LogP contribution in [0.3, 0.4) is 0 Å². The number of unbranched alkanes of at least 4 members (excludes halogenated alkanes) is 2. The molecule has 1 aliphatic carbocycles. The van der Waals surface area contributed by atoms with Crippen LogP contribution in [-0.4, -0.2) is 19.0 Å². The fraction of sp³-hybridized carbons (Fsp3) is 0.533. The third kappa shape index (κ3) is 3.57. The lowest BCUT2D eigenvalue weighted by Gasteiger charge is -2.04. The summed E-state index contributed by atoms with van der Waals surface area (Å²) in [5, 5.41) is 3.02. The highest BCUT2D eigenvalue weighted by atomic mass is 16.2. The molecule has 0 saturated heterocycles. The van der Waals surface area contributed by atoms with Gasteiger partial charge < -0.3 is 11.1 Å². The number of rotatable bonds is 7. The van der Waals surface area contributed by atoms with Crippen molar-refractivity contribution in [1.29, 1.82) is 0 Å². The van der Waals surface area contributed by atoms with Crippen LogP contribution in [-0.2, 0) is 4.79 Å². The van der Waals surface area contributed by atoms with E-state index in [1.54, 1.807) is 0 Å². The van der Waals surface area contributed by atoms with Crippen LogP contribution in [0.25, 0.3) is 0 Å². The first-order chi connectivity index (χ1) is 8.83. The topological polar surface area (TPSA) is 55.1 Å². The van der Waals surface area contributed by atoms with E-state index in [1.807, 2.05) is 18.2 Å². The molecular weight excluding hydrogens is 224 g/mol. The fourth-order valence-corrected chi connectivity index (χ4v) is 2.34. The summed E-state index contributed by atoms with van der Waals surface area (Å²) in [6.45, 7) is 1.53. The SMILES string of the molecule is NCCCCCNC(=O)C1CC1c1ccccc1. The van der Waals surface area contributed by atoms with Crippen LogP contribution in [0.5, 0.6) is 0 Å². The van der Waals surface area contributed by atoms with Gasteiger partial charge in [-0.15, -0.1) is 0 Å². The molecule has 98 valence electrons. The molecule has 1 aromatic carbocycles. The Bertz CT molecular complexity index is 377. The molecule has 1 aliphatic rings. The van der Waals surface area contributed by atoms with E-state index in [0.717, 1.165) is 38.8 Å². The van der Waals surface area contributed by atoms with Gasteiger partial charge in [0.15, 0.2) is 0 Å². The summed E-state index contributed by atoms with van der Waals surface area (Å²) >= 11 is 0. The number of carbonyl (C=O) groups is 1. The molecule has 0 spiro atoms. The Morgan fingerprint density at radius 2 is 2.00 bits per heavy atom. The summed E-state index contributed by atoms with van der Waals surface area (Å²) in [7, 11) is 0. The Labute approximate surface area is 109 Å². The summed E-state index contributed by atoms with van der Waals surface area (Å²) in [5.74, 6) is 0.855. The quantitative estimate of drug-likeness (QED) is 0.723. The van der Waals surface area contributed by atoms with Crippen LogP contribution in [0.2, 0.25) is 0 Å². The highest BCUT2D eigenvalue weighted by Crippen LogP contribution is 2.47. The van der Waals surface area contributed by atoms with Crippen molar-refractivity contribution >= 4 is 5.91 Å². The van der Waals surface area contributed by atoms with Gasteiger partial charge in [0.2, 0.25) is 5.91 Å². The summed E-state index contributed by atoms with van der Waals surface area (Å²) in [4.78, 5) is 11.9. The molecule has 3 heteroatoms. The lowest BCUT2D eigenvalue weighted by molar-refractivity contribution is -0.122. The van der Waals surface area contributed by atoms with Gasteiger partial charge in [-0.05, 0) is 37.3 Å². The van der Waals surface area contributed by atoms with Crippen LogP contribution in [0, 0.1) is 5.92 Å². The van der Waals surface area contributed by atoms with E-state index in [2.05, 4.69) is 17.4 Å². The Morgan fingerprint density at radius 1 is 1.22 bits per heavy atom. The van der Waals surface area contributed by atoms with Crippen molar-refractivity contribution in [3.8, 4) is 0 Å². The summed E-state index contributed by atoms with van der Waals surface area (Å²) < 4.78 is 0. The predicted molar refractivity (Wildman–Crippen MR) is 73.2 cm³/mol. The minimum Gasteiger partial charge on any atom is -0.356 e. The molecule has 0 heterocycles. The molecule has 2 unspecified atom stereocenters. The second kappa shape index (κ2) is 6.55. The molecule has 1 aromatic rings. The van der Waals surface area contributed by atoms with Crippen molar-refractivity contribution in [1.82, 2.24) is 5.32 Å². The molecule has 0 aliphatic heterocycles. The van der Waals surface area contributed by atoms with Crippen molar-refractivity contribution in [2.45, 2.75) is 31.6 Å². The maximum absolute atomic E-state index is 11.9. The van der Waals surface area contributed by atoms with E-state index in [4.69, 9.17) is 5.73 Å². The van der Waals surface area contributed by atoms with Gasteiger partial charge in [-0.3, -0.25) is 4.79 Å². The van der Waals surface area contributed by atoms with Gasteiger partial charge in [-0.2, -0.15) is 0 Å². The zero-order valence-electron chi connectivity index (χ0n) is 10.8. The van der Waals surface area contributed by atoms with Crippen molar-refractivity contribution in [3.63, 3.8) is 0 Å². The molecule has 18 heavy (non-hydrogen) atoms. The lowest BCUT2D eigenvalue weighted by atomic mass is 10.1. The zero-order valence-corrected chi connectivity index (χ0v) is 10.8. The minimum absolute atomic E-state index is 0.196. The number of hydrogen-bond acceptors (Lipinski definition) is 2. The summed E-state index contributed by atoms with van der Waals surface area (Å²) in [6.07, 6.45) is 4.18. The Kier molecular flexibility index (Phi) is 4.76. The Hall–Kier alpha value is -1.35. The first-order valence-electron chi connectivity index (χ1n) is 6.85. The molecule has 3 nitrogen and oxygen atoms in total. The summed E-state index contributed by atoms with van der Waals surface area (Å²) in [6, 6.07) is 10.3. The van der Waals surface area contributed by atoms with Crippen LogP contribution in [0.15, 0.2) is 30.3 Å². The van der Waals surface area contributed by atoms with Crippen LogP contribution in [0.4, 0.5) is 0 Å². The molecule has 0 radical (unpaired) electrons. The molecule has 2 atom stereocenters. The summed E-state index contributed by atoms with van der Waals surface area (Å²) in [5.41, 5.74) is 6.72. The van der Waals surface area contributed by atoms with Gasteiger partial charge in [-0.25, -0.2) is 0 Å². The van der Waals surface area contributed by atoms with Crippen molar-refractivity contribution in [2.24, 2.45) is 11.7 Å². The van der Waals surface area contributed by atoms with Gasteiger partial charge in [-0.1, -0.05) is 36.8 Å². The maximum Gasteiger partial charge on any atom is 0.223 e. The van der Waals surface area contributed by atoms with E-state index in [0.29, 0.717) is 5.92 Å². The van der Waals surface area contributed by atoms with E-state index < -0.39 is 0 Å². The van der Waals surface area contributed by atoms with Crippen LogP contribution < -0.4 is 11.1 Å². The van der Waals surface area contributed by atoms with Crippen LogP contribution >= 0.6 is 0 Å². The van der Waals surface area contributed by atoms with Crippen LogP contribution in [0.1, 0.15) is 37.2 Å². The van der Waals surface area contributed by atoms with Gasteiger partial charge >= 0.3 is 0 Å². The van der Waals surface area contributed by atoms with E-state index in [9.17, 15) is 4.79 Å². The average Bonchev–Trinajstić information content (AvgIpc) is 3.20. The predicted octanol–water partition coefficient (Wildman–Crippen LogP) is 2.04. The first kappa shape index (κ1) is 13.1. The second-order valence-corrected chi connectivity index (χ2v) is 5.00. The van der Waals surface area contributed by atoms with E-state index >= 15 is 0 Å². The molecular formula is C15H22N2O. The number of nitrogens with two attached hydrogens (primary N) is 1. The van der Waals surface area contributed by atoms with E-state index in [1.165, 1.54) is 5.56 Å². The standard InChI is InChI=1S/C15H22N2O/c16-9-5-2-6-10-17-15(18)14-11-13(14)12-7-3-1-4-8-12/h1,3-4,7-8,13-14H,2,5-6,9-11,16H2,(H,17,18). The molecule has 1 fully saturated rings. The number of amides is 1. The average molecular weight is 246 g/mol. The molecule has 0 aromatic heterocycles. The van der Waals surface area contributed by atoms with Gasteiger partial charge in [0, 0.05) is 12.5 Å². The molecule has 1 amide bonds. The minimum atomic E-state index is 0.196. The highest BCUT2D eigenvalue weighted by molar-refractivity contribution is 5.82. The normalized spacial score (nSPS) is 21.6.